The first-order valence-electron chi connectivity index (χ1n) is 18.0. The maximum absolute atomic E-state index is 5.30. The number of aromatic nitrogens is 5. The van der Waals surface area contributed by atoms with Crippen LogP contribution in [-0.2, 0) is 6.42 Å². The van der Waals surface area contributed by atoms with E-state index in [1.807, 2.05) is 30.3 Å². The number of nitrogens with zero attached hydrogens (tertiary/aromatic N) is 5. The zero-order valence-corrected chi connectivity index (χ0v) is 29.1. The van der Waals surface area contributed by atoms with Gasteiger partial charge < -0.3 is 0 Å². The average Bonchev–Trinajstić information content (AvgIpc) is 3.63. The van der Waals surface area contributed by atoms with Crippen LogP contribution < -0.4 is 0 Å². The van der Waals surface area contributed by atoms with Crippen LogP contribution in [0.4, 0.5) is 0 Å². The Bertz CT molecular complexity index is 2950. The van der Waals surface area contributed by atoms with Crippen LogP contribution in [0, 0.1) is 0 Å². The van der Waals surface area contributed by atoms with E-state index in [-0.39, 0.29) is 0 Å². The molecule has 0 aliphatic carbocycles. The van der Waals surface area contributed by atoms with Crippen molar-refractivity contribution in [2.24, 2.45) is 0 Å². The van der Waals surface area contributed by atoms with Crippen LogP contribution in [-0.4, -0.2) is 24.5 Å². The summed E-state index contributed by atoms with van der Waals surface area (Å²) in [4.78, 5) is 20.6. The van der Waals surface area contributed by atoms with Gasteiger partial charge in [0.2, 0.25) is 0 Å². The molecule has 5 nitrogen and oxygen atoms in total. The van der Waals surface area contributed by atoms with E-state index in [4.69, 9.17) is 19.9 Å². The lowest BCUT2D eigenvalue weighted by molar-refractivity contribution is 0.908. The Labute approximate surface area is 306 Å². The van der Waals surface area contributed by atoms with Gasteiger partial charge in [0, 0.05) is 45.0 Å². The summed E-state index contributed by atoms with van der Waals surface area (Å²) in [7, 11) is 0. The minimum atomic E-state index is 0.714. The molecular weight excluding hydrogens is 647 g/mol. The van der Waals surface area contributed by atoms with Crippen LogP contribution in [0.2, 0.25) is 0 Å². The van der Waals surface area contributed by atoms with Crippen LogP contribution in [0.1, 0.15) is 12.7 Å². The van der Waals surface area contributed by atoms with E-state index >= 15 is 0 Å². The second-order valence-corrected chi connectivity index (χ2v) is 13.3. The third-order valence-corrected chi connectivity index (χ3v) is 10.2. The summed E-state index contributed by atoms with van der Waals surface area (Å²) in [5.41, 5.74) is 12.3. The van der Waals surface area contributed by atoms with Gasteiger partial charge in [-0.2, -0.15) is 0 Å². The molecule has 0 atom stereocenters. The van der Waals surface area contributed by atoms with Crippen molar-refractivity contribution in [1.82, 2.24) is 24.5 Å². The summed E-state index contributed by atoms with van der Waals surface area (Å²) < 4.78 is 2.28. The highest BCUT2D eigenvalue weighted by atomic mass is 15.1. The summed E-state index contributed by atoms with van der Waals surface area (Å²) in [5, 5.41) is 4.41. The first-order chi connectivity index (χ1) is 26.2. The van der Waals surface area contributed by atoms with Crippen LogP contribution in [0.5, 0.6) is 0 Å². The Kier molecular flexibility index (Phi) is 7.36. The lowest BCUT2D eigenvalue weighted by atomic mass is 9.97. The number of rotatable bonds is 6. The van der Waals surface area contributed by atoms with Gasteiger partial charge in [-0.05, 0) is 46.8 Å². The highest BCUT2D eigenvalue weighted by Gasteiger charge is 2.19. The molecule has 0 spiro atoms. The van der Waals surface area contributed by atoms with E-state index in [1.165, 1.54) is 0 Å². The minimum absolute atomic E-state index is 0.714. The first-order valence-corrected chi connectivity index (χ1v) is 18.0. The number of hydrogen-bond donors (Lipinski definition) is 0. The summed E-state index contributed by atoms with van der Waals surface area (Å²) in [6.07, 6.45) is 0.816. The Morgan fingerprint density at radius 3 is 1.68 bits per heavy atom. The van der Waals surface area contributed by atoms with Crippen molar-refractivity contribution >= 4 is 43.6 Å². The van der Waals surface area contributed by atoms with Gasteiger partial charge in [0.15, 0.2) is 5.82 Å². The van der Waals surface area contributed by atoms with Crippen molar-refractivity contribution in [3.63, 3.8) is 0 Å². The molecule has 7 aromatic carbocycles. The fraction of sp³-hybridized carbons (Fsp3) is 0.0417. The van der Waals surface area contributed by atoms with Crippen LogP contribution in [0.3, 0.4) is 0 Å². The SMILES string of the molecule is CCc1nc2c3c(-c4ccc(-c5ccc(-c6nc(-c7ccccc7)c7ccccc7n6)cc5)cc4)nc4ccccc4c3ccc2n1-c1ccccc1. The molecule has 0 aliphatic rings. The molecule has 0 aliphatic heterocycles. The molecule has 53 heavy (non-hydrogen) atoms. The van der Waals surface area contributed by atoms with Gasteiger partial charge in [0.1, 0.15) is 5.82 Å². The van der Waals surface area contributed by atoms with Crippen LogP contribution in [0.15, 0.2) is 170 Å². The molecule has 0 saturated heterocycles. The van der Waals surface area contributed by atoms with Gasteiger partial charge in [-0.3, -0.25) is 4.57 Å². The molecule has 0 radical (unpaired) electrons. The molecule has 5 heteroatoms. The summed E-state index contributed by atoms with van der Waals surface area (Å²) in [5.74, 6) is 1.74. The van der Waals surface area contributed by atoms with Gasteiger partial charge in [0.25, 0.3) is 0 Å². The molecule has 0 saturated carbocycles. The van der Waals surface area contributed by atoms with Gasteiger partial charge >= 0.3 is 0 Å². The Hall–Kier alpha value is -6.98. The van der Waals surface area contributed by atoms with Gasteiger partial charge in [-0.15, -0.1) is 0 Å². The predicted octanol–water partition coefficient (Wildman–Crippen LogP) is 11.9. The van der Waals surface area contributed by atoms with Crippen molar-refractivity contribution in [2.45, 2.75) is 13.3 Å². The quantitative estimate of drug-likeness (QED) is 0.164. The van der Waals surface area contributed by atoms with Crippen LogP contribution in [0.25, 0.3) is 94.3 Å². The summed E-state index contributed by atoms with van der Waals surface area (Å²) in [6, 6.07) is 59.2. The van der Waals surface area contributed by atoms with Crippen molar-refractivity contribution < 1.29 is 0 Å². The molecular formula is C48H33N5. The Morgan fingerprint density at radius 2 is 0.981 bits per heavy atom. The maximum Gasteiger partial charge on any atom is 0.160 e. The van der Waals surface area contributed by atoms with Crippen LogP contribution >= 0.6 is 0 Å². The molecule has 0 fully saturated rings. The Balaban J connectivity index is 1.06. The van der Waals surface area contributed by atoms with Crippen molar-refractivity contribution in [1.29, 1.82) is 0 Å². The predicted molar refractivity (Wildman–Crippen MR) is 218 cm³/mol. The maximum atomic E-state index is 5.30. The molecule has 0 N–H and O–H groups in total. The fourth-order valence-corrected chi connectivity index (χ4v) is 7.60. The third kappa shape index (κ3) is 5.25. The number of fused-ring (bicyclic) bond motifs is 6. The van der Waals surface area contributed by atoms with Gasteiger partial charge in [-0.1, -0.05) is 146 Å². The fourth-order valence-electron chi connectivity index (χ4n) is 7.60. The molecule has 0 amide bonds. The number of benzene rings is 7. The van der Waals surface area contributed by atoms with Crippen molar-refractivity contribution in [3.8, 4) is 50.7 Å². The molecule has 0 bridgehead atoms. The standard InChI is InChI=1S/C48H33N5/c1-2-43-51-47-42(53(43)36-15-7-4-8-16-36)30-29-38-37-17-9-11-19-40(37)49-46(44(38)47)34-25-21-31(22-26-34)32-23-27-35(28-24-32)48-50-41-20-12-10-18-39(41)45(52-48)33-13-5-3-6-14-33/h3-30H,2H2,1H3. The zero-order valence-electron chi connectivity index (χ0n) is 29.1. The van der Waals surface area contributed by atoms with E-state index in [1.54, 1.807) is 0 Å². The highest BCUT2D eigenvalue weighted by Crippen LogP contribution is 2.39. The molecule has 3 heterocycles. The van der Waals surface area contributed by atoms with Gasteiger partial charge in [-0.25, -0.2) is 19.9 Å². The largest absolute Gasteiger partial charge is 0.296 e. The van der Waals surface area contributed by atoms with Gasteiger partial charge in [0.05, 0.1) is 33.5 Å². The molecule has 3 aromatic heterocycles. The number of pyridine rings is 1. The van der Waals surface area contributed by atoms with E-state index in [0.29, 0.717) is 5.82 Å². The Morgan fingerprint density at radius 1 is 0.415 bits per heavy atom. The van der Waals surface area contributed by atoms with E-state index in [9.17, 15) is 0 Å². The first kappa shape index (κ1) is 30.8. The topological polar surface area (TPSA) is 56.5 Å². The number of hydrogen-bond acceptors (Lipinski definition) is 4. The third-order valence-electron chi connectivity index (χ3n) is 10.2. The molecule has 0 unspecified atom stereocenters. The van der Waals surface area contributed by atoms with E-state index < -0.39 is 0 Å². The normalized spacial score (nSPS) is 11.6. The summed E-state index contributed by atoms with van der Waals surface area (Å²) >= 11 is 0. The van der Waals surface area contributed by atoms with Crippen molar-refractivity contribution in [3.05, 3.63) is 176 Å². The number of aryl methyl sites for hydroxylation is 1. The second-order valence-electron chi connectivity index (χ2n) is 13.3. The molecule has 10 aromatic rings. The summed E-state index contributed by atoms with van der Waals surface area (Å²) in [6.45, 7) is 2.17. The molecule has 250 valence electrons. The minimum Gasteiger partial charge on any atom is -0.296 e. The molecule has 10 rings (SSSR count). The van der Waals surface area contributed by atoms with E-state index in [0.717, 1.165) is 101 Å². The lowest BCUT2D eigenvalue weighted by Gasteiger charge is -2.13. The highest BCUT2D eigenvalue weighted by molar-refractivity contribution is 6.20. The monoisotopic (exact) mass is 679 g/mol. The second kappa shape index (κ2) is 12.7. The average molecular weight is 680 g/mol. The zero-order chi connectivity index (χ0) is 35.3. The lowest BCUT2D eigenvalue weighted by Crippen LogP contribution is -1.99. The van der Waals surface area contributed by atoms with E-state index in [2.05, 4.69) is 151 Å². The number of imidazole rings is 1. The van der Waals surface area contributed by atoms with Crippen molar-refractivity contribution in [2.75, 3.05) is 0 Å². The smallest absolute Gasteiger partial charge is 0.160 e. The number of para-hydroxylation sites is 3.